The molecule has 4 heterocycles. The summed E-state index contributed by atoms with van der Waals surface area (Å²) >= 11 is 5.56. The number of carbonyl (C=O) groups is 1. The second kappa shape index (κ2) is 14.8. The number of thiophene rings is 3. The number of aliphatic hydroxyl groups excluding tert-OH is 1. The molecule has 0 unspecified atom stereocenters. The molecule has 0 aliphatic rings. The zero-order valence-electron chi connectivity index (χ0n) is 29.9. The molecular weight excluding hydrogens is 827 g/mol. The zero-order valence-corrected chi connectivity index (χ0v) is 34.7. The molecule has 257 valence electrons. The number of nitrogens with zero attached hydrogens (tertiary/aromatic N) is 1. The van der Waals surface area contributed by atoms with E-state index in [1.165, 1.54) is 56.9 Å². The van der Waals surface area contributed by atoms with Crippen molar-refractivity contribution in [3.63, 3.8) is 0 Å². The van der Waals surface area contributed by atoms with E-state index in [1.54, 1.807) is 0 Å². The van der Waals surface area contributed by atoms with E-state index in [-0.39, 0.29) is 47.9 Å². The molecule has 0 spiro atoms. The van der Waals surface area contributed by atoms with E-state index in [0.717, 1.165) is 36.9 Å². The van der Waals surface area contributed by atoms with Gasteiger partial charge in [-0.1, -0.05) is 79.5 Å². The van der Waals surface area contributed by atoms with Crippen LogP contribution in [0.3, 0.4) is 0 Å². The van der Waals surface area contributed by atoms with E-state index in [4.69, 9.17) is 4.98 Å². The molecule has 4 aromatic heterocycles. The van der Waals surface area contributed by atoms with Gasteiger partial charge in [0.25, 0.3) is 0 Å². The molecular formula is C41H48IrNO2S3-. The molecule has 0 aliphatic heterocycles. The summed E-state index contributed by atoms with van der Waals surface area (Å²) in [7, 11) is 0. The first kappa shape index (κ1) is 38.4. The summed E-state index contributed by atoms with van der Waals surface area (Å²) in [5.74, 6) is 0.286. The molecule has 48 heavy (non-hydrogen) atoms. The van der Waals surface area contributed by atoms with Crippen molar-refractivity contribution in [2.75, 3.05) is 0 Å². The van der Waals surface area contributed by atoms with Gasteiger partial charge in [-0.15, -0.1) is 46.3 Å². The minimum atomic E-state index is -0.337. The number of aryl methyl sites for hydroxylation is 1. The van der Waals surface area contributed by atoms with E-state index in [1.807, 2.05) is 81.7 Å². The Hall–Kier alpha value is -2.41. The summed E-state index contributed by atoms with van der Waals surface area (Å²) in [6.45, 7) is 21.1. The van der Waals surface area contributed by atoms with Crippen molar-refractivity contribution >= 4 is 80.1 Å². The Bertz CT molecular complexity index is 2100. The van der Waals surface area contributed by atoms with Crippen molar-refractivity contribution < 1.29 is 30.0 Å². The number of ketones is 1. The zero-order chi connectivity index (χ0) is 34.3. The largest absolute Gasteiger partial charge is 0.512 e. The number of carbonyl (C=O) groups excluding carboxylic acids is 1. The first-order chi connectivity index (χ1) is 22.2. The van der Waals surface area contributed by atoms with Gasteiger partial charge in [0.15, 0.2) is 5.78 Å². The maximum Gasteiger partial charge on any atom is 0.164 e. The van der Waals surface area contributed by atoms with Crippen molar-refractivity contribution in [3.05, 3.63) is 76.3 Å². The number of aliphatic hydroxyl groups is 1. The van der Waals surface area contributed by atoms with E-state index in [9.17, 15) is 9.90 Å². The second-order valence-electron chi connectivity index (χ2n) is 14.3. The van der Waals surface area contributed by atoms with Crippen LogP contribution in [-0.4, -0.2) is 15.9 Å². The van der Waals surface area contributed by atoms with Gasteiger partial charge in [-0.25, -0.2) is 0 Å². The number of aromatic nitrogens is 1. The van der Waals surface area contributed by atoms with Gasteiger partial charge in [-0.2, -0.15) is 11.3 Å². The summed E-state index contributed by atoms with van der Waals surface area (Å²) in [6, 6.07) is 17.2. The first-order valence-electron chi connectivity index (χ1n) is 16.8. The average Bonchev–Trinajstić information content (AvgIpc) is 3.78. The van der Waals surface area contributed by atoms with Gasteiger partial charge in [-0.05, 0) is 77.1 Å². The van der Waals surface area contributed by atoms with E-state index < -0.39 is 0 Å². The van der Waals surface area contributed by atoms with E-state index in [0.29, 0.717) is 0 Å². The summed E-state index contributed by atoms with van der Waals surface area (Å²) in [5, 5.41) is 17.5. The number of benzene rings is 2. The van der Waals surface area contributed by atoms with Crippen LogP contribution in [-0.2, 0) is 30.3 Å². The van der Waals surface area contributed by atoms with Gasteiger partial charge in [-0.3, -0.25) is 9.78 Å². The summed E-state index contributed by atoms with van der Waals surface area (Å²) in [6.07, 6.45) is 6.71. The fourth-order valence-electron chi connectivity index (χ4n) is 6.00. The van der Waals surface area contributed by atoms with Crippen LogP contribution < -0.4 is 0 Å². The number of pyridine rings is 1. The third-order valence-corrected chi connectivity index (χ3v) is 13.4. The third kappa shape index (κ3) is 7.23. The van der Waals surface area contributed by atoms with Gasteiger partial charge < -0.3 is 5.11 Å². The summed E-state index contributed by atoms with van der Waals surface area (Å²) in [4.78, 5) is 18.4. The fraction of sp³-hybridized carbons (Fsp3) is 0.415. The quantitative estimate of drug-likeness (QED) is 0.0941. The molecule has 0 saturated carbocycles. The first-order valence-corrected chi connectivity index (χ1v) is 19.3. The molecule has 6 rings (SSSR count). The number of rotatable bonds is 8. The van der Waals surface area contributed by atoms with Crippen LogP contribution in [0.1, 0.15) is 98.4 Å². The number of hydrogen-bond acceptors (Lipinski definition) is 6. The van der Waals surface area contributed by atoms with Gasteiger partial charge >= 0.3 is 0 Å². The van der Waals surface area contributed by atoms with Crippen molar-refractivity contribution in [1.82, 2.24) is 4.98 Å². The minimum Gasteiger partial charge on any atom is -0.512 e. The van der Waals surface area contributed by atoms with Gasteiger partial charge in [0.1, 0.15) is 5.76 Å². The monoisotopic (exact) mass is 875 g/mol. The average molecular weight is 875 g/mol. The standard InChI is InChI=1S/C26H20NS3.C15H28O2.Ir/c1-14-11-15-5-6-19-22(25(15)29-14)21-20(30-19)7-9-27-23(21)17-12-16-8-10-28-24(16)18(13-17)26(2,3)4;1-7-14(5,8-2)12(16)11-13(17)15(6,9-3)10-4;/h5-11,13H,1-4H3;11,16H,7-10H2,1-6H3;/q-1;;/b;12-11-;. The van der Waals surface area contributed by atoms with Gasteiger partial charge in [0.05, 0.1) is 0 Å². The predicted octanol–water partition coefficient (Wildman–Crippen LogP) is 13.6. The Kier molecular flexibility index (Phi) is 11.9. The van der Waals surface area contributed by atoms with E-state index in [2.05, 4.69) is 75.5 Å². The van der Waals surface area contributed by atoms with Crippen LogP contribution in [0.5, 0.6) is 0 Å². The number of fused-ring (bicyclic) bond motifs is 6. The number of hydrogen-bond donors (Lipinski definition) is 1. The molecule has 0 aliphatic carbocycles. The Morgan fingerprint density at radius 1 is 0.854 bits per heavy atom. The Balaban J connectivity index is 0.000000251. The topological polar surface area (TPSA) is 50.2 Å². The maximum atomic E-state index is 12.2. The van der Waals surface area contributed by atoms with Crippen molar-refractivity contribution in [2.45, 2.75) is 100 Å². The van der Waals surface area contributed by atoms with Gasteiger partial charge in [0.2, 0.25) is 0 Å². The van der Waals surface area contributed by atoms with Crippen molar-refractivity contribution in [3.8, 4) is 11.3 Å². The summed E-state index contributed by atoms with van der Waals surface area (Å²) < 4.78 is 5.34. The molecule has 1 radical (unpaired) electrons. The predicted molar refractivity (Wildman–Crippen MR) is 209 cm³/mol. The van der Waals surface area contributed by atoms with E-state index >= 15 is 0 Å². The second-order valence-corrected chi connectivity index (χ2v) is 17.5. The molecule has 7 heteroatoms. The van der Waals surface area contributed by atoms with Crippen LogP contribution in [0.4, 0.5) is 0 Å². The van der Waals surface area contributed by atoms with Crippen LogP contribution in [0, 0.1) is 23.8 Å². The molecule has 0 bridgehead atoms. The molecule has 2 aromatic carbocycles. The summed E-state index contributed by atoms with van der Waals surface area (Å²) in [5.41, 5.74) is 2.98. The molecule has 0 atom stereocenters. The van der Waals surface area contributed by atoms with Crippen LogP contribution >= 0.6 is 34.0 Å². The number of allylic oxidation sites excluding steroid dienone is 2. The Morgan fingerprint density at radius 2 is 1.50 bits per heavy atom. The molecule has 6 aromatic rings. The SMILES string of the molecule is CCC(C)(CC)C(=O)/C=C(\O)C(C)(CC)CC.Cc1cc2ccc3sc4ccnc(-c5[c-]c6ccsc6c(C(C)(C)C)c5)c4c3c2s1.[Ir]. The molecule has 0 amide bonds. The van der Waals surface area contributed by atoms with Gasteiger partial charge in [0, 0.05) is 73.3 Å². The van der Waals surface area contributed by atoms with Crippen LogP contribution in [0.2, 0.25) is 0 Å². The smallest absolute Gasteiger partial charge is 0.164 e. The van der Waals surface area contributed by atoms with Crippen molar-refractivity contribution in [2.24, 2.45) is 10.8 Å². The minimum absolute atomic E-state index is 0. The fourth-order valence-corrected chi connectivity index (χ4v) is 9.32. The third-order valence-electron chi connectivity index (χ3n) is 10.3. The molecule has 3 nitrogen and oxygen atoms in total. The van der Waals surface area contributed by atoms with Crippen LogP contribution in [0.25, 0.3) is 51.6 Å². The van der Waals surface area contributed by atoms with Crippen LogP contribution in [0.15, 0.2) is 59.8 Å². The molecule has 1 N–H and O–H groups in total. The molecule has 0 saturated heterocycles. The Morgan fingerprint density at radius 3 is 2.12 bits per heavy atom. The normalized spacial score (nSPS) is 12.8. The maximum absolute atomic E-state index is 12.2. The molecule has 0 fully saturated rings. The Labute approximate surface area is 311 Å². The van der Waals surface area contributed by atoms with Crippen molar-refractivity contribution in [1.29, 1.82) is 0 Å².